The molecule has 3 aromatic carbocycles. The fourth-order valence-corrected chi connectivity index (χ4v) is 7.57. The molecule has 16 heteroatoms. The normalized spacial score (nSPS) is 19.7. The van der Waals surface area contributed by atoms with Crippen molar-refractivity contribution in [1.82, 2.24) is 5.32 Å². The summed E-state index contributed by atoms with van der Waals surface area (Å²) in [4.78, 5) is 40.0. The van der Waals surface area contributed by atoms with E-state index in [0.717, 1.165) is 6.07 Å². The van der Waals surface area contributed by atoms with Crippen LogP contribution in [0.5, 0.6) is 5.75 Å². The number of anilines is 1. The van der Waals surface area contributed by atoms with Crippen LogP contribution in [0, 0.1) is 28.4 Å². The standard InChI is InChI=1S/C45H55Cl2F2N3O9/c1-26(61-41(55)58-20-18-44(7,8)59-21-19-43(5,6)57-10)60-40(54)27-14-17-33(34(22-27)56-9)51-39(53)38-36(29-12-11-13-31(47)37(29)49)45(25-50,35(52-38)24-42(2,3)4)30-16-15-28(46)23-32(30)48/h11-17,22-23,26,35-36,38,52H,18-21,24H2,1-10H3,(H,51,53). The Morgan fingerprint density at radius 3 is 2.25 bits per heavy atom. The molecule has 12 nitrogen and oxygen atoms in total. The van der Waals surface area contributed by atoms with E-state index < -0.39 is 70.4 Å². The molecule has 5 atom stereocenters. The molecule has 3 aromatic rings. The molecule has 2 N–H and O–H groups in total. The molecule has 1 fully saturated rings. The van der Waals surface area contributed by atoms with Gasteiger partial charge < -0.3 is 39.1 Å². The van der Waals surface area contributed by atoms with Crippen molar-refractivity contribution in [2.24, 2.45) is 5.41 Å². The second-order valence-corrected chi connectivity index (χ2v) is 18.2. The van der Waals surface area contributed by atoms with E-state index in [1.54, 1.807) is 7.11 Å². The molecule has 332 valence electrons. The van der Waals surface area contributed by atoms with Crippen LogP contribution in [0.15, 0.2) is 54.6 Å². The van der Waals surface area contributed by atoms with E-state index in [2.05, 4.69) is 16.7 Å². The van der Waals surface area contributed by atoms with E-state index in [1.165, 1.54) is 62.6 Å². The fraction of sp³-hybridized carbons (Fsp3) is 0.511. The van der Waals surface area contributed by atoms with Gasteiger partial charge in [0.25, 0.3) is 0 Å². The van der Waals surface area contributed by atoms with Crippen molar-refractivity contribution in [3.8, 4) is 11.8 Å². The minimum atomic E-state index is -1.84. The largest absolute Gasteiger partial charge is 0.511 e. The average molecular weight is 891 g/mol. The zero-order valence-electron chi connectivity index (χ0n) is 36.2. The molecule has 0 spiro atoms. The summed E-state index contributed by atoms with van der Waals surface area (Å²) in [5.74, 6) is -4.53. The first-order valence-electron chi connectivity index (χ1n) is 19.8. The van der Waals surface area contributed by atoms with Crippen molar-refractivity contribution >= 4 is 46.9 Å². The predicted molar refractivity (Wildman–Crippen MR) is 227 cm³/mol. The van der Waals surface area contributed by atoms with Crippen LogP contribution in [0.2, 0.25) is 10.0 Å². The Balaban J connectivity index is 1.52. The molecule has 0 aromatic heterocycles. The first-order valence-corrected chi connectivity index (χ1v) is 20.5. The molecule has 4 rings (SSSR count). The summed E-state index contributed by atoms with van der Waals surface area (Å²) in [6.45, 7) is 15.2. The number of hydrogen-bond donors (Lipinski definition) is 2. The minimum absolute atomic E-state index is 0.0114. The number of esters is 1. The third-order valence-corrected chi connectivity index (χ3v) is 11.2. The Morgan fingerprint density at radius 2 is 1.62 bits per heavy atom. The Bertz CT molecular complexity index is 2110. The maximum Gasteiger partial charge on any atom is 0.511 e. The fourth-order valence-electron chi connectivity index (χ4n) is 7.23. The lowest BCUT2D eigenvalue weighted by Crippen LogP contribution is -2.45. The van der Waals surface area contributed by atoms with Crippen LogP contribution in [0.1, 0.15) is 102 Å². The lowest BCUT2D eigenvalue weighted by molar-refractivity contribution is -0.118. The Morgan fingerprint density at radius 1 is 0.934 bits per heavy atom. The van der Waals surface area contributed by atoms with Crippen LogP contribution >= 0.6 is 23.2 Å². The quantitative estimate of drug-likeness (QED) is 0.0983. The van der Waals surface area contributed by atoms with Crippen LogP contribution in [0.3, 0.4) is 0 Å². The molecule has 5 unspecified atom stereocenters. The maximum absolute atomic E-state index is 16.1. The van der Waals surface area contributed by atoms with Gasteiger partial charge in [-0.2, -0.15) is 5.26 Å². The zero-order chi connectivity index (χ0) is 45.5. The van der Waals surface area contributed by atoms with Crippen LogP contribution < -0.4 is 15.4 Å². The van der Waals surface area contributed by atoms with E-state index in [-0.39, 0.29) is 56.8 Å². The number of carbonyl (C=O) groups is 3. The number of methoxy groups -OCH3 is 2. The van der Waals surface area contributed by atoms with Gasteiger partial charge in [0.1, 0.15) is 22.8 Å². The Kier molecular flexibility index (Phi) is 16.2. The second kappa shape index (κ2) is 20.1. The van der Waals surface area contributed by atoms with Crippen molar-refractivity contribution in [3.63, 3.8) is 0 Å². The van der Waals surface area contributed by atoms with Gasteiger partial charge >= 0.3 is 12.1 Å². The van der Waals surface area contributed by atoms with E-state index in [0.29, 0.717) is 19.4 Å². The first kappa shape index (κ1) is 49.1. The molecule has 1 aliphatic heterocycles. The van der Waals surface area contributed by atoms with Gasteiger partial charge in [-0.25, -0.2) is 18.4 Å². The number of rotatable bonds is 17. The molecule has 1 heterocycles. The first-order chi connectivity index (χ1) is 28.5. The van der Waals surface area contributed by atoms with Crippen molar-refractivity contribution < 1.29 is 51.6 Å². The van der Waals surface area contributed by atoms with Gasteiger partial charge in [0, 0.05) is 43.0 Å². The average Bonchev–Trinajstić information content (AvgIpc) is 3.48. The maximum atomic E-state index is 16.1. The Labute approximate surface area is 366 Å². The van der Waals surface area contributed by atoms with Gasteiger partial charge in [-0.3, -0.25) is 4.79 Å². The molecular formula is C45H55Cl2F2N3O9. The highest BCUT2D eigenvalue weighted by Gasteiger charge is 2.61. The lowest BCUT2D eigenvalue weighted by atomic mass is 9.62. The number of hydrogen-bond acceptors (Lipinski definition) is 11. The van der Waals surface area contributed by atoms with Crippen molar-refractivity contribution in [2.75, 3.05) is 32.8 Å². The number of nitrogens with zero attached hydrogens (tertiary/aromatic N) is 1. The van der Waals surface area contributed by atoms with E-state index >= 15 is 8.78 Å². The summed E-state index contributed by atoms with van der Waals surface area (Å²) < 4.78 is 64.6. The summed E-state index contributed by atoms with van der Waals surface area (Å²) in [6.07, 6.45) is -1.07. The number of nitriles is 1. The van der Waals surface area contributed by atoms with Crippen LogP contribution in [0.25, 0.3) is 0 Å². The van der Waals surface area contributed by atoms with E-state index in [9.17, 15) is 19.6 Å². The van der Waals surface area contributed by atoms with Crippen molar-refractivity contribution in [2.45, 2.75) is 116 Å². The zero-order valence-corrected chi connectivity index (χ0v) is 37.7. The van der Waals surface area contributed by atoms with E-state index in [4.69, 9.17) is 51.6 Å². The molecule has 1 saturated heterocycles. The number of ether oxygens (including phenoxy) is 6. The number of halogens is 4. The summed E-state index contributed by atoms with van der Waals surface area (Å²) in [7, 11) is 2.95. The van der Waals surface area contributed by atoms with E-state index in [1.807, 2.05) is 48.5 Å². The highest BCUT2D eigenvalue weighted by Crippen LogP contribution is 2.53. The number of nitrogens with one attached hydrogen (secondary N) is 2. The lowest BCUT2D eigenvalue weighted by Gasteiger charge is -2.37. The summed E-state index contributed by atoms with van der Waals surface area (Å²) in [5.41, 5.74) is -3.27. The molecule has 0 saturated carbocycles. The van der Waals surface area contributed by atoms with Gasteiger partial charge in [-0.05, 0) is 87.9 Å². The second-order valence-electron chi connectivity index (χ2n) is 17.4. The van der Waals surface area contributed by atoms with Crippen LogP contribution in [-0.2, 0) is 33.9 Å². The predicted octanol–water partition coefficient (Wildman–Crippen LogP) is 9.90. The number of benzene rings is 3. The van der Waals surface area contributed by atoms with Gasteiger partial charge in [-0.15, -0.1) is 0 Å². The van der Waals surface area contributed by atoms with Crippen molar-refractivity contribution in [1.29, 1.82) is 5.26 Å². The molecule has 1 amide bonds. The van der Waals surface area contributed by atoms with Gasteiger partial charge in [0.15, 0.2) is 0 Å². The number of carbonyl (C=O) groups excluding carboxylic acids is 3. The third kappa shape index (κ3) is 12.3. The van der Waals surface area contributed by atoms with Gasteiger partial charge in [0.05, 0.1) is 59.9 Å². The summed E-state index contributed by atoms with van der Waals surface area (Å²) in [6, 6.07) is 12.3. The minimum Gasteiger partial charge on any atom is -0.495 e. The molecular weight excluding hydrogens is 835 g/mol. The topological polar surface area (TPSA) is 154 Å². The summed E-state index contributed by atoms with van der Waals surface area (Å²) >= 11 is 12.4. The highest BCUT2D eigenvalue weighted by atomic mass is 35.5. The number of amides is 1. The molecule has 0 bridgehead atoms. The Hall–Kier alpha value is -4.52. The van der Waals surface area contributed by atoms with Gasteiger partial charge in [0.2, 0.25) is 12.2 Å². The molecule has 0 aliphatic carbocycles. The molecule has 61 heavy (non-hydrogen) atoms. The summed E-state index contributed by atoms with van der Waals surface area (Å²) in [5, 5.41) is 17.0. The SMILES string of the molecule is COc1cc(C(=O)OC(C)OC(=O)OCCC(C)(C)OCCC(C)(C)OC)ccc1NC(=O)C1NC(CC(C)(C)C)C(C#N)(c2ccc(Cl)cc2F)C1c1cccc(Cl)c1F. The monoisotopic (exact) mass is 889 g/mol. The third-order valence-electron chi connectivity index (χ3n) is 10.6. The molecule has 0 radical (unpaired) electrons. The smallest absolute Gasteiger partial charge is 0.495 e. The van der Waals surface area contributed by atoms with Crippen LogP contribution in [0.4, 0.5) is 19.3 Å². The van der Waals surface area contributed by atoms with Crippen molar-refractivity contribution in [3.05, 3.63) is 93.0 Å². The molecule has 1 aliphatic rings. The highest BCUT2D eigenvalue weighted by molar-refractivity contribution is 6.31. The van der Waals surface area contributed by atoms with Gasteiger partial charge in [-0.1, -0.05) is 62.2 Å². The van der Waals surface area contributed by atoms with Crippen LogP contribution in [-0.4, -0.2) is 75.0 Å².